The first-order valence-corrected chi connectivity index (χ1v) is 5.48. The minimum atomic E-state index is 0.668. The first-order valence-electron chi connectivity index (χ1n) is 4.71. The Morgan fingerprint density at radius 2 is 2.31 bits per heavy atom. The third-order valence-corrected chi connectivity index (χ3v) is 2.89. The summed E-state index contributed by atoms with van der Waals surface area (Å²) in [5, 5.41) is 3.22. The Bertz CT molecular complexity index is 587. The normalized spacial score (nSPS) is 10.8. The van der Waals surface area contributed by atoms with Gasteiger partial charge in [0.2, 0.25) is 0 Å². The van der Waals surface area contributed by atoms with E-state index in [1.54, 1.807) is 12.5 Å². The molecule has 0 unspecified atom stereocenters. The predicted octanol–water partition coefficient (Wildman–Crippen LogP) is 1.42. The minimum Gasteiger partial charge on any atom is -0.363 e. The molecule has 80 valence electrons. The highest BCUT2D eigenvalue weighted by atomic mass is 32.1. The Labute approximate surface area is 95.0 Å². The molecular formula is C9H8N6S. The van der Waals surface area contributed by atoms with Crippen LogP contribution >= 0.6 is 11.5 Å². The number of imidazole rings is 1. The first-order chi connectivity index (χ1) is 7.93. The number of aromatic nitrogens is 5. The van der Waals surface area contributed by atoms with E-state index in [1.807, 2.05) is 6.07 Å². The van der Waals surface area contributed by atoms with Crippen molar-refractivity contribution in [3.8, 4) is 0 Å². The molecule has 0 fully saturated rings. The molecule has 2 N–H and O–H groups in total. The predicted molar refractivity (Wildman–Crippen MR) is 61.1 cm³/mol. The molecule has 0 amide bonds. The molecule has 0 atom stereocenters. The number of fused-ring (bicyclic) bond motifs is 1. The molecule has 0 saturated carbocycles. The summed E-state index contributed by atoms with van der Waals surface area (Å²) in [6, 6.07) is 1.98. The number of aromatic amines is 1. The topological polar surface area (TPSA) is 79.4 Å². The van der Waals surface area contributed by atoms with Crippen molar-refractivity contribution in [3.63, 3.8) is 0 Å². The maximum absolute atomic E-state index is 4.17. The van der Waals surface area contributed by atoms with E-state index in [0.717, 1.165) is 16.2 Å². The minimum absolute atomic E-state index is 0.668. The second-order valence-corrected chi connectivity index (χ2v) is 4.07. The fourth-order valence-corrected chi connectivity index (χ4v) is 1.92. The summed E-state index contributed by atoms with van der Waals surface area (Å²) < 4.78 is 4.04. The van der Waals surface area contributed by atoms with E-state index in [-0.39, 0.29) is 0 Å². The van der Waals surface area contributed by atoms with Gasteiger partial charge in [-0.2, -0.15) is 0 Å². The monoisotopic (exact) mass is 232 g/mol. The van der Waals surface area contributed by atoms with Crippen molar-refractivity contribution in [3.05, 3.63) is 29.8 Å². The van der Waals surface area contributed by atoms with E-state index in [2.05, 4.69) is 29.6 Å². The fraction of sp³-hybridized carbons (Fsp3) is 0.111. The van der Waals surface area contributed by atoms with Gasteiger partial charge in [-0.05, 0) is 17.6 Å². The van der Waals surface area contributed by atoms with Gasteiger partial charge in [-0.25, -0.2) is 19.3 Å². The van der Waals surface area contributed by atoms with E-state index >= 15 is 0 Å². The van der Waals surface area contributed by atoms with Gasteiger partial charge in [-0.15, -0.1) is 0 Å². The van der Waals surface area contributed by atoms with Gasteiger partial charge < -0.3 is 10.3 Å². The number of H-pyrrole nitrogens is 1. The highest BCUT2D eigenvalue weighted by molar-refractivity contribution is 7.05. The van der Waals surface area contributed by atoms with Gasteiger partial charge in [0, 0.05) is 11.1 Å². The van der Waals surface area contributed by atoms with Gasteiger partial charge in [-0.3, -0.25) is 0 Å². The summed E-state index contributed by atoms with van der Waals surface area (Å²) in [5.41, 5.74) is 1.49. The van der Waals surface area contributed by atoms with Crippen molar-refractivity contribution in [1.29, 1.82) is 0 Å². The lowest BCUT2D eigenvalue weighted by Gasteiger charge is -2.03. The summed E-state index contributed by atoms with van der Waals surface area (Å²) in [4.78, 5) is 16.4. The van der Waals surface area contributed by atoms with Crippen LogP contribution in [-0.4, -0.2) is 24.3 Å². The number of nitrogens with one attached hydrogen (secondary N) is 2. The largest absolute Gasteiger partial charge is 0.363 e. The van der Waals surface area contributed by atoms with Gasteiger partial charge in [0.25, 0.3) is 0 Å². The number of hydrogen-bond acceptors (Lipinski definition) is 6. The van der Waals surface area contributed by atoms with E-state index in [9.17, 15) is 0 Å². The highest BCUT2D eigenvalue weighted by Crippen LogP contribution is 2.15. The zero-order chi connectivity index (χ0) is 10.8. The van der Waals surface area contributed by atoms with Gasteiger partial charge in [0.15, 0.2) is 11.5 Å². The molecule has 0 aromatic carbocycles. The summed E-state index contributed by atoms with van der Waals surface area (Å²) >= 11 is 1.47. The smallest absolute Gasteiger partial charge is 0.182 e. The number of rotatable bonds is 3. The third-order valence-electron chi connectivity index (χ3n) is 2.14. The molecule has 0 aliphatic heterocycles. The molecule has 0 spiro atoms. The van der Waals surface area contributed by atoms with E-state index in [4.69, 9.17) is 0 Å². The van der Waals surface area contributed by atoms with Crippen LogP contribution in [0.2, 0.25) is 0 Å². The van der Waals surface area contributed by atoms with Crippen molar-refractivity contribution >= 4 is 28.5 Å². The highest BCUT2D eigenvalue weighted by Gasteiger charge is 2.05. The van der Waals surface area contributed by atoms with Crippen LogP contribution in [0.1, 0.15) is 4.88 Å². The van der Waals surface area contributed by atoms with E-state index in [0.29, 0.717) is 12.2 Å². The number of hydrogen-bond donors (Lipinski definition) is 2. The molecule has 0 saturated heterocycles. The van der Waals surface area contributed by atoms with Crippen LogP contribution < -0.4 is 5.32 Å². The molecule has 0 aliphatic rings. The van der Waals surface area contributed by atoms with Crippen LogP contribution in [0.25, 0.3) is 11.2 Å². The zero-order valence-corrected chi connectivity index (χ0v) is 9.03. The lowest BCUT2D eigenvalue weighted by atomic mass is 10.4. The molecule has 0 bridgehead atoms. The van der Waals surface area contributed by atoms with Crippen LogP contribution in [0.5, 0.6) is 0 Å². The van der Waals surface area contributed by atoms with Crippen molar-refractivity contribution in [2.75, 3.05) is 5.32 Å². The molecule has 6 nitrogen and oxygen atoms in total. The molecule has 0 radical (unpaired) electrons. The first kappa shape index (κ1) is 9.22. The Hall–Kier alpha value is -2.02. The summed E-state index contributed by atoms with van der Waals surface area (Å²) in [7, 11) is 0. The average molecular weight is 232 g/mol. The van der Waals surface area contributed by atoms with E-state index in [1.165, 1.54) is 17.9 Å². The van der Waals surface area contributed by atoms with Crippen molar-refractivity contribution in [2.24, 2.45) is 0 Å². The number of nitrogens with zero attached hydrogens (tertiary/aromatic N) is 4. The third kappa shape index (κ3) is 1.61. The fourth-order valence-electron chi connectivity index (χ4n) is 1.40. The van der Waals surface area contributed by atoms with Crippen LogP contribution in [0.3, 0.4) is 0 Å². The van der Waals surface area contributed by atoms with Gasteiger partial charge in [0.1, 0.15) is 11.8 Å². The number of anilines is 1. The molecular weight excluding hydrogens is 224 g/mol. The molecule has 3 aromatic rings. The van der Waals surface area contributed by atoms with Crippen LogP contribution in [-0.2, 0) is 6.54 Å². The molecule has 3 aromatic heterocycles. The standard InChI is InChI=1S/C9H8N6S/c1-2-15-16-6(1)3-10-8-7-9(12-4-11-7)14-5-13-8/h1-2,4-5H,3H2,(H2,10,11,12,13,14). The summed E-state index contributed by atoms with van der Waals surface area (Å²) in [6.07, 6.45) is 4.89. The molecule has 3 heterocycles. The van der Waals surface area contributed by atoms with E-state index < -0.39 is 0 Å². The maximum Gasteiger partial charge on any atom is 0.182 e. The second-order valence-electron chi connectivity index (χ2n) is 3.16. The molecule has 3 rings (SSSR count). The van der Waals surface area contributed by atoms with Crippen molar-refractivity contribution in [2.45, 2.75) is 6.54 Å². The molecule has 7 heteroatoms. The van der Waals surface area contributed by atoms with Crippen LogP contribution in [0.4, 0.5) is 5.82 Å². The maximum atomic E-state index is 4.17. The Balaban J connectivity index is 1.86. The van der Waals surface area contributed by atoms with Gasteiger partial charge >= 0.3 is 0 Å². The van der Waals surface area contributed by atoms with Crippen LogP contribution in [0.15, 0.2) is 24.9 Å². The average Bonchev–Trinajstić information content (AvgIpc) is 2.97. The van der Waals surface area contributed by atoms with Gasteiger partial charge in [-0.1, -0.05) is 0 Å². The Morgan fingerprint density at radius 1 is 1.31 bits per heavy atom. The molecule has 0 aliphatic carbocycles. The SMILES string of the molecule is c1cc(CNc2ncnc3nc[nH]c23)sn1. The van der Waals surface area contributed by atoms with Gasteiger partial charge in [0.05, 0.1) is 12.9 Å². The quantitative estimate of drug-likeness (QED) is 0.714. The Kier molecular flexibility index (Phi) is 2.22. The lowest BCUT2D eigenvalue weighted by molar-refractivity contribution is 1.12. The Morgan fingerprint density at radius 3 is 3.19 bits per heavy atom. The zero-order valence-electron chi connectivity index (χ0n) is 8.21. The van der Waals surface area contributed by atoms with Crippen molar-refractivity contribution < 1.29 is 0 Å². The lowest BCUT2D eigenvalue weighted by Crippen LogP contribution is -2.01. The second kappa shape index (κ2) is 3.86. The molecule has 16 heavy (non-hydrogen) atoms. The van der Waals surface area contributed by atoms with Crippen molar-refractivity contribution in [1.82, 2.24) is 24.3 Å². The summed E-state index contributed by atoms with van der Waals surface area (Å²) in [5.74, 6) is 0.760. The van der Waals surface area contributed by atoms with Crippen LogP contribution in [0, 0.1) is 0 Å². The summed E-state index contributed by atoms with van der Waals surface area (Å²) in [6.45, 7) is 0.704.